The van der Waals surface area contributed by atoms with Gasteiger partial charge < -0.3 is 10.2 Å². The molecule has 3 rings (SSSR count). The van der Waals surface area contributed by atoms with E-state index in [9.17, 15) is 38.2 Å². The molecule has 0 radical (unpaired) electrons. The Labute approximate surface area is 168 Å². The number of alkyl halides is 3. The van der Waals surface area contributed by atoms with Gasteiger partial charge in [-0.1, -0.05) is 0 Å². The molecule has 0 aromatic heterocycles. The van der Waals surface area contributed by atoms with E-state index in [2.05, 4.69) is 5.32 Å². The largest absolute Gasteiger partial charge is 0.416 e. The molecule has 13 heteroatoms. The predicted molar refractivity (Wildman–Crippen MR) is 99.2 cm³/mol. The van der Waals surface area contributed by atoms with Crippen LogP contribution in [0.5, 0.6) is 0 Å². The number of benzene rings is 1. The van der Waals surface area contributed by atoms with Gasteiger partial charge in [-0.3, -0.25) is 29.9 Å². The van der Waals surface area contributed by atoms with Crippen LogP contribution in [0, 0.1) is 20.2 Å². The number of nitrogens with one attached hydrogen (secondary N) is 1. The number of nitro benzene ring substituents is 2. The van der Waals surface area contributed by atoms with Crippen LogP contribution in [-0.4, -0.2) is 58.9 Å². The van der Waals surface area contributed by atoms with Gasteiger partial charge in [0.05, 0.1) is 21.5 Å². The molecule has 2 aliphatic rings. The molecule has 1 N–H and O–H groups in total. The van der Waals surface area contributed by atoms with Crippen LogP contribution in [0.2, 0.25) is 0 Å². The van der Waals surface area contributed by atoms with Crippen molar-refractivity contribution in [2.24, 2.45) is 0 Å². The first-order chi connectivity index (χ1) is 14.0. The zero-order valence-electron chi connectivity index (χ0n) is 16.0. The summed E-state index contributed by atoms with van der Waals surface area (Å²) in [5.74, 6) is -0.141. The summed E-state index contributed by atoms with van der Waals surface area (Å²) in [5.41, 5.74) is -3.84. The topological polar surface area (TPSA) is 122 Å². The number of rotatable bonds is 6. The molecule has 1 saturated carbocycles. The van der Waals surface area contributed by atoms with Gasteiger partial charge in [0.25, 0.3) is 11.4 Å². The second-order valence-electron chi connectivity index (χ2n) is 7.36. The van der Waals surface area contributed by atoms with Gasteiger partial charge in [0.15, 0.2) is 5.69 Å². The minimum atomic E-state index is -4.96. The molecule has 1 heterocycles. The number of halogens is 3. The minimum absolute atomic E-state index is 0.0914. The number of hydrogen-bond donors (Lipinski definition) is 1. The average molecular weight is 431 g/mol. The second-order valence-corrected chi connectivity index (χ2v) is 7.36. The van der Waals surface area contributed by atoms with Crippen LogP contribution >= 0.6 is 0 Å². The maximum atomic E-state index is 13.1. The van der Waals surface area contributed by atoms with Gasteiger partial charge in [0.1, 0.15) is 0 Å². The van der Waals surface area contributed by atoms with Gasteiger partial charge in [0, 0.05) is 44.4 Å². The average Bonchev–Trinajstić information content (AvgIpc) is 3.49. The fourth-order valence-corrected chi connectivity index (χ4v) is 3.42. The molecular formula is C17H20F3N5O5. The Morgan fingerprint density at radius 1 is 1.10 bits per heavy atom. The Morgan fingerprint density at radius 3 is 2.00 bits per heavy atom. The van der Waals surface area contributed by atoms with Crippen LogP contribution in [-0.2, 0) is 11.0 Å². The highest BCUT2D eigenvalue weighted by molar-refractivity contribution is 5.82. The molecule has 2 fully saturated rings. The molecular weight excluding hydrogens is 411 g/mol. The Morgan fingerprint density at radius 2 is 1.60 bits per heavy atom. The molecule has 164 valence electrons. The number of carbonyl (C=O) groups excluding carboxylic acids is 1. The summed E-state index contributed by atoms with van der Waals surface area (Å²) in [5, 5.41) is 25.7. The summed E-state index contributed by atoms with van der Waals surface area (Å²) < 4.78 is 39.2. The van der Waals surface area contributed by atoms with Crippen LogP contribution in [0.1, 0.15) is 25.3 Å². The first-order valence-electron chi connectivity index (χ1n) is 9.32. The van der Waals surface area contributed by atoms with Crippen LogP contribution in [0.4, 0.5) is 30.2 Å². The van der Waals surface area contributed by atoms with E-state index in [0.29, 0.717) is 12.1 Å². The van der Waals surface area contributed by atoms with Crippen molar-refractivity contribution in [3.8, 4) is 0 Å². The fraction of sp³-hybridized carbons (Fsp3) is 0.588. The van der Waals surface area contributed by atoms with Gasteiger partial charge in [-0.25, -0.2) is 0 Å². The molecule has 0 unspecified atom stereocenters. The van der Waals surface area contributed by atoms with E-state index >= 15 is 0 Å². The van der Waals surface area contributed by atoms with Crippen molar-refractivity contribution in [3.05, 3.63) is 37.9 Å². The third-order valence-electron chi connectivity index (χ3n) is 5.27. The van der Waals surface area contributed by atoms with Crippen molar-refractivity contribution in [2.45, 2.75) is 38.0 Å². The van der Waals surface area contributed by atoms with E-state index in [1.165, 1.54) is 4.90 Å². The zero-order chi connectivity index (χ0) is 22.2. The number of carbonyl (C=O) groups is 1. The first kappa shape index (κ1) is 21.7. The molecule has 0 bridgehead atoms. The maximum absolute atomic E-state index is 13.1. The van der Waals surface area contributed by atoms with Crippen molar-refractivity contribution < 1.29 is 27.8 Å². The van der Waals surface area contributed by atoms with Crippen LogP contribution in [0.25, 0.3) is 0 Å². The van der Waals surface area contributed by atoms with E-state index in [1.54, 1.807) is 6.92 Å². The Kier molecular flexibility index (Phi) is 5.83. The quantitative estimate of drug-likeness (QED) is 0.542. The van der Waals surface area contributed by atoms with E-state index in [0.717, 1.165) is 12.8 Å². The lowest BCUT2D eigenvalue weighted by atomic mass is 10.1. The Hall–Kier alpha value is -2.96. The smallest absolute Gasteiger partial charge is 0.358 e. The monoisotopic (exact) mass is 431 g/mol. The molecule has 30 heavy (non-hydrogen) atoms. The number of nitro groups is 2. The van der Waals surface area contributed by atoms with Crippen molar-refractivity contribution >= 4 is 23.0 Å². The van der Waals surface area contributed by atoms with Crippen molar-refractivity contribution in [2.75, 3.05) is 31.1 Å². The summed E-state index contributed by atoms with van der Waals surface area (Å²) in [6.45, 7) is 2.45. The van der Waals surface area contributed by atoms with Crippen LogP contribution in [0.15, 0.2) is 12.1 Å². The normalized spacial score (nSPS) is 18.7. The van der Waals surface area contributed by atoms with Gasteiger partial charge >= 0.3 is 6.18 Å². The highest BCUT2D eigenvalue weighted by Crippen LogP contribution is 2.43. The molecule has 1 amide bonds. The van der Waals surface area contributed by atoms with Gasteiger partial charge in [-0.2, -0.15) is 13.2 Å². The molecule has 10 nitrogen and oxygen atoms in total. The van der Waals surface area contributed by atoms with Crippen molar-refractivity contribution in [3.63, 3.8) is 0 Å². The third kappa shape index (κ3) is 4.61. The van der Waals surface area contributed by atoms with Crippen molar-refractivity contribution in [1.29, 1.82) is 0 Å². The molecule has 1 atom stereocenters. The SMILES string of the molecule is C[C@@H](C(=O)NC1CC1)N1CCN(c2c([N+](=O)[O-])cc(C(F)(F)F)cc2[N+](=O)[O-])CC1. The predicted octanol–water partition coefficient (Wildman–Crippen LogP) is 2.31. The lowest BCUT2D eigenvalue weighted by Crippen LogP contribution is -2.54. The fourth-order valence-electron chi connectivity index (χ4n) is 3.42. The summed E-state index contributed by atoms with van der Waals surface area (Å²) >= 11 is 0. The lowest BCUT2D eigenvalue weighted by molar-refractivity contribution is -0.393. The second kappa shape index (κ2) is 8.05. The summed E-state index contributed by atoms with van der Waals surface area (Å²) in [6.07, 6.45) is -3.09. The first-order valence-corrected chi connectivity index (χ1v) is 9.32. The summed E-state index contributed by atoms with van der Waals surface area (Å²) in [4.78, 5) is 36.1. The molecule has 1 aromatic carbocycles. The highest BCUT2D eigenvalue weighted by Gasteiger charge is 2.40. The highest BCUT2D eigenvalue weighted by atomic mass is 19.4. The van der Waals surface area contributed by atoms with Crippen LogP contribution < -0.4 is 10.2 Å². The van der Waals surface area contributed by atoms with E-state index in [1.807, 2.05) is 4.90 Å². The van der Waals surface area contributed by atoms with Gasteiger partial charge in [0.2, 0.25) is 5.91 Å². The van der Waals surface area contributed by atoms with Gasteiger partial charge in [-0.05, 0) is 19.8 Å². The van der Waals surface area contributed by atoms with E-state index in [-0.39, 0.29) is 38.1 Å². The lowest BCUT2D eigenvalue weighted by Gasteiger charge is -2.38. The maximum Gasteiger partial charge on any atom is 0.416 e. The Balaban J connectivity index is 1.84. The molecule has 1 aliphatic carbocycles. The standard InChI is InChI=1S/C17H20F3N5O5/c1-10(16(26)21-12-2-3-12)22-4-6-23(7-5-22)15-13(24(27)28)8-11(17(18,19)20)9-14(15)25(29)30/h8-10,12H,2-7H2,1H3,(H,21,26)/t10-/m0/s1. The number of piperazine rings is 1. The van der Waals surface area contributed by atoms with Crippen LogP contribution in [0.3, 0.4) is 0 Å². The Bertz CT molecular complexity index is 831. The summed E-state index contributed by atoms with van der Waals surface area (Å²) in [7, 11) is 0. The number of hydrogen-bond acceptors (Lipinski definition) is 7. The van der Waals surface area contributed by atoms with E-state index in [4.69, 9.17) is 0 Å². The summed E-state index contributed by atoms with van der Waals surface area (Å²) in [6, 6.07) is 0.380. The number of anilines is 1. The molecule has 1 saturated heterocycles. The molecule has 0 spiro atoms. The third-order valence-corrected chi connectivity index (χ3v) is 5.27. The van der Waals surface area contributed by atoms with Crippen molar-refractivity contribution in [1.82, 2.24) is 10.2 Å². The number of nitrogens with zero attached hydrogens (tertiary/aromatic N) is 4. The number of amides is 1. The van der Waals surface area contributed by atoms with E-state index < -0.39 is 44.7 Å². The molecule has 1 aromatic rings. The minimum Gasteiger partial charge on any atom is -0.358 e. The molecule has 1 aliphatic heterocycles. The zero-order valence-corrected chi connectivity index (χ0v) is 16.0. The van der Waals surface area contributed by atoms with Gasteiger partial charge in [-0.15, -0.1) is 0 Å².